The molecule has 0 aliphatic heterocycles. The van der Waals surface area contributed by atoms with Crippen LogP contribution >= 0.6 is 0 Å². The van der Waals surface area contributed by atoms with Gasteiger partial charge in [0, 0.05) is 0 Å². The van der Waals surface area contributed by atoms with Crippen molar-refractivity contribution in [2.24, 2.45) is 0 Å². The van der Waals surface area contributed by atoms with Crippen molar-refractivity contribution in [1.82, 2.24) is 0 Å². The maximum absolute atomic E-state index is 12.2. The molecule has 0 rings (SSSR count). The van der Waals surface area contributed by atoms with Crippen LogP contribution in [0.25, 0.3) is 0 Å². The molecule has 0 aromatic rings. The Labute approximate surface area is 48.5 Å². The predicted octanol–water partition coefficient (Wildman–Crippen LogP) is 2.02. The van der Waals surface area contributed by atoms with Gasteiger partial charge in [0.2, 0.25) is 0 Å². The number of ether oxygens (including phenoxy) is 1. The van der Waals surface area contributed by atoms with Gasteiger partial charge in [-0.25, -0.2) is 4.39 Å². The van der Waals surface area contributed by atoms with Crippen molar-refractivity contribution in [2.45, 2.75) is 6.92 Å². The Balaban J connectivity index is 3.83. The van der Waals surface area contributed by atoms with Gasteiger partial charge in [0.1, 0.15) is 5.76 Å². The van der Waals surface area contributed by atoms with Crippen LogP contribution in [0.1, 0.15) is 6.92 Å². The Morgan fingerprint density at radius 2 is 2.25 bits per heavy atom. The lowest BCUT2D eigenvalue weighted by Crippen LogP contribution is -1.82. The lowest BCUT2D eigenvalue weighted by atomic mass is 10.4. The third-order valence-electron chi connectivity index (χ3n) is 0.766. The van der Waals surface area contributed by atoms with E-state index in [1.54, 1.807) is 6.92 Å². The summed E-state index contributed by atoms with van der Waals surface area (Å²) in [6, 6.07) is 0. The average Bonchev–Trinajstić information content (AvgIpc) is 1.84. The molecule has 0 unspecified atom stereocenters. The molecule has 0 saturated carbocycles. The first kappa shape index (κ1) is 7.21. The minimum absolute atomic E-state index is 0.0764. The molecule has 0 bridgehead atoms. The largest absolute Gasteiger partial charge is 0.494 e. The Hall–Kier alpha value is -0.790. The summed E-state index contributed by atoms with van der Waals surface area (Å²) in [5, 5.41) is 0. The van der Waals surface area contributed by atoms with Gasteiger partial charge in [-0.1, -0.05) is 6.58 Å². The summed E-state index contributed by atoms with van der Waals surface area (Å²) in [4.78, 5) is 0. The molecule has 0 heterocycles. The van der Waals surface area contributed by atoms with E-state index in [0.29, 0.717) is 0 Å². The second-order valence-corrected chi connectivity index (χ2v) is 1.26. The van der Waals surface area contributed by atoms with Gasteiger partial charge in [0.15, 0.2) is 5.83 Å². The molecule has 0 aromatic carbocycles. The van der Waals surface area contributed by atoms with Gasteiger partial charge in [-0.15, -0.1) is 0 Å². The molecule has 0 atom stereocenters. The van der Waals surface area contributed by atoms with Gasteiger partial charge >= 0.3 is 0 Å². The van der Waals surface area contributed by atoms with E-state index in [-0.39, 0.29) is 5.76 Å². The van der Waals surface area contributed by atoms with Crippen molar-refractivity contribution in [2.75, 3.05) is 7.11 Å². The summed E-state index contributed by atoms with van der Waals surface area (Å²) >= 11 is 0. The molecule has 0 saturated heterocycles. The number of methoxy groups -OCH3 is 1. The standard InChI is InChI=1S/C6H9FO/c1-4-6(7)5(2)8-3/h4H,2H2,1,3H3/b6-4+. The summed E-state index contributed by atoms with van der Waals surface area (Å²) in [5.74, 6) is -0.333. The fourth-order valence-electron chi connectivity index (χ4n) is 0.258. The highest BCUT2D eigenvalue weighted by Crippen LogP contribution is 2.07. The minimum atomic E-state index is -0.410. The van der Waals surface area contributed by atoms with E-state index in [2.05, 4.69) is 11.3 Å². The van der Waals surface area contributed by atoms with Crippen LogP contribution in [0.15, 0.2) is 24.2 Å². The van der Waals surface area contributed by atoms with Crippen LogP contribution in [0.5, 0.6) is 0 Å². The zero-order valence-corrected chi connectivity index (χ0v) is 5.07. The lowest BCUT2D eigenvalue weighted by Gasteiger charge is -1.96. The third-order valence-corrected chi connectivity index (χ3v) is 0.766. The molecule has 0 aliphatic carbocycles. The first-order chi connectivity index (χ1) is 3.72. The van der Waals surface area contributed by atoms with E-state index in [1.807, 2.05) is 0 Å². The molecule has 2 heteroatoms. The molecule has 8 heavy (non-hydrogen) atoms. The van der Waals surface area contributed by atoms with Crippen LogP contribution in [-0.2, 0) is 4.74 Å². The van der Waals surface area contributed by atoms with Gasteiger partial charge in [0.05, 0.1) is 7.11 Å². The molecule has 1 nitrogen and oxygen atoms in total. The van der Waals surface area contributed by atoms with E-state index in [0.717, 1.165) is 0 Å². The summed E-state index contributed by atoms with van der Waals surface area (Å²) in [7, 11) is 1.38. The number of allylic oxidation sites excluding steroid dienone is 2. The van der Waals surface area contributed by atoms with Crippen LogP contribution < -0.4 is 0 Å². The Kier molecular flexibility index (Phi) is 2.92. The topological polar surface area (TPSA) is 9.23 Å². The van der Waals surface area contributed by atoms with Crippen LogP contribution in [-0.4, -0.2) is 7.11 Å². The highest BCUT2D eigenvalue weighted by molar-refractivity contribution is 5.13. The van der Waals surface area contributed by atoms with Gasteiger partial charge < -0.3 is 4.74 Å². The van der Waals surface area contributed by atoms with E-state index in [9.17, 15) is 4.39 Å². The molecule has 0 aliphatic rings. The monoisotopic (exact) mass is 116 g/mol. The van der Waals surface area contributed by atoms with E-state index in [1.165, 1.54) is 13.2 Å². The summed E-state index contributed by atoms with van der Waals surface area (Å²) in [6.45, 7) is 4.86. The zero-order valence-electron chi connectivity index (χ0n) is 5.07. The quantitative estimate of drug-likeness (QED) is 0.396. The molecule has 46 valence electrons. The third kappa shape index (κ3) is 1.78. The first-order valence-electron chi connectivity index (χ1n) is 2.27. The molecule has 0 N–H and O–H groups in total. The van der Waals surface area contributed by atoms with E-state index >= 15 is 0 Å². The van der Waals surface area contributed by atoms with Crippen LogP contribution in [0.2, 0.25) is 0 Å². The van der Waals surface area contributed by atoms with Crippen molar-refractivity contribution >= 4 is 0 Å². The average molecular weight is 116 g/mol. The van der Waals surface area contributed by atoms with Crippen molar-refractivity contribution in [1.29, 1.82) is 0 Å². The molecule has 0 amide bonds. The minimum Gasteiger partial charge on any atom is -0.494 e. The van der Waals surface area contributed by atoms with Gasteiger partial charge in [-0.05, 0) is 13.0 Å². The number of rotatable bonds is 2. The van der Waals surface area contributed by atoms with Gasteiger partial charge in [-0.2, -0.15) is 0 Å². The Bertz CT molecular complexity index is 116. The van der Waals surface area contributed by atoms with E-state index < -0.39 is 5.83 Å². The van der Waals surface area contributed by atoms with Crippen LogP contribution in [0, 0.1) is 0 Å². The SMILES string of the molecule is C=C(OC)/C(F)=C\C. The van der Waals surface area contributed by atoms with Crippen molar-refractivity contribution in [3.63, 3.8) is 0 Å². The summed E-state index contributed by atoms with van der Waals surface area (Å²) < 4.78 is 16.6. The highest BCUT2D eigenvalue weighted by Gasteiger charge is 1.95. The van der Waals surface area contributed by atoms with Gasteiger partial charge in [0.25, 0.3) is 0 Å². The smallest absolute Gasteiger partial charge is 0.160 e. The van der Waals surface area contributed by atoms with Gasteiger partial charge in [-0.3, -0.25) is 0 Å². The molecule has 0 fully saturated rings. The van der Waals surface area contributed by atoms with E-state index in [4.69, 9.17) is 0 Å². The Morgan fingerprint density at radius 1 is 1.75 bits per heavy atom. The Morgan fingerprint density at radius 3 is 2.38 bits per heavy atom. The number of hydrogen-bond acceptors (Lipinski definition) is 1. The van der Waals surface area contributed by atoms with Crippen molar-refractivity contribution in [3.05, 3.63) is 24.2 Å². The maximum Gasteiger partial charge on any atom is 0.160 e. The molecule has 0 radical (unpaired) electrons. The predicted molar refractivity (Wildman–Crippen MR) is 31.0 cm³/mol. The fourth-order valence-corrected chi connectivity index (χ4v) is 0.258. The summed E-state index contributed by atoms with van der Waals surface area (Å²) in [5.41, 5.74) is 0. The molecule has 0 spiro atoms. The number of halogens is 1. The molecular formula is C6H9FO. The fraction of sp³-hybridized carbons (Fsp3) is 0.333. The van der Waals surface area contributed by atoms with Crippen LogP contribution in [0.3, 0.4) is 0 Å². The lowest BCUT2D eigenvalue weighted by molar-refractivity contribution is 0.285. The second-order valence-electron chi connectivity index (χ2n) is 1.26. The van der Waals surface area contributed by atoms with Crippen LogP contribution in [0.4, 0.5) is 4.39 Å². The second kappa shape index (κ2) is 3.24. The number of hydrogen-bond donors (Lipinski definition) is 0. The zero-order chi connectivity index (χ0) is 6.57. The van der Waals surface area contributed by atoms with Crippen molar-refractivity contribution < 1.29 is 9.13 Å². The summed E-state index contributed by atoms with van der Waals surface area (Å²) in [6.07, 6.45) is 1.30. The van der Waals surface area contributed by atoms with Crippen molar-refractivity contribution in [3.8, 4) is 0 Å². The normalized spacial score (nSPS) is 11.1. The molecular weight excluding hydrogens is 107 g/mol. The highest BCUT2D eigenvalue weighted by atomic mass is 19.1. The maximum atomic E-state index is 12.2. The molecule has 0 aromatic heterocycles. The first-order valence-corrected chi connectivity index (χ1v) is 2.27.